The molecule has 0 radical (unpaired) electrons. The molecule has 0 unspecified atom stereocenters. The number of thioether (sulfide) groups is 1. The Balaban J connectivity index is 2.34. The van der Waals surface area contributed by atoms with E-state index in [1.54, 1.807) is 31.9 Å². The van der Waals surface area contributed by atoms with Crippen LogP contribution < -0.4 is 5.32 Å². The second-order valence-electron chi connectivity index (χ2n) is 4.38. The smallest absolute Gasteiger partial charge is 0.341 e. The number of rotatable bonds is 4. The van der Waals surface area contributed by atoms with E-state index in [0.717, 1.165) is 0 Å². The minimum Gasteiger partial charge on any atom is -0.462 e. The van der Waals surface area contributed by atoms with Gasteiger partial charge in [-0.1, -0.05) is 6.07 Å². The van der Waals surface area contributed by atoms with Gasteiger partial charge in [0.2, 0.25) is 0 Å². The van der Waals surface area contributed by atoms with Gasteiger partial charge >= 0.3 is 5.97 Å². The van der Waals surface area contributed by atoms with Crippen molar-refractivity contribution >= 4 is 29.4 Å². The Morgan fingerprint density at radius 2 is 2.29 bits per heavy atom. The van der Waals surface area contributed by atoms with E-state index in [1.807, 2.05) is 0 Å². The van der Waals surface area contributed by atoms with Gasteiger partial charge in [-0.25, -0.2) is 14.0 Å². The van der Waals surface area contributed by atoms with Crippen LogP contribution in [0.25, 0.3) is 0 Å². The van der Waals surface area contributed by atoms with E-state index in [-0.39, 0.29) is 23.6 Å². The second kappa shape index (κ2) is 6.61. The molecule has 0 amide bonds. The van der Waals surface area contributed by atoms with E-state index in [9.17, 15) is 14.0 Å². The maximum Gasteiger partial charge on any atom is 0.341 e. The SMILES string of the molecule is CCOC(=O)C1=C(Nc2ccc(C)c(F)c2)SCC1=C=O. The first-order valence-electron chi connectivity index (χ1n) is 6.38. The highest BCUT2D eigenvalue weighted by Gasteiger charge is 2.29. The number of nitrogens with one attached hydrogen (secondary N) is 1. The molecule has 0 spiro atoms. The van der Waals surface area contributed by atoms with Gasteiger partial charge < -0.3 is 10.1 Å². The molecule has 0 fully saturated rings. The van der Waals surface area contributed by atoms with Gasteiger partial charge in [-0.3, -0.25) is 0 Å². The summed E-state index contributed by atoms with van der Waals surface area (Å²) in [6.07, 6.45) is 0. The van der Waals surface area contributed by atoms with Crippen LogP contribution in [0.3, 0.4) is 0 Å². The fourth-order valence-corrected chi connectivity index (χ4v) is 2.86. The number of ether oxygens (including phenoxy) is 1. The summed E-state index contributed by atoms with van der Waals surface area (Å²) in [5.41, 5.74) is 1.48. The fourth-order valence-electron chi connectivity index (χ4n) is 1.83. The summed E-state index contributed by atoms with van der Waals surface area (Å²) in [5, 5.41) is 3.45. The lowest BCUT2D eigenvalue weighted by molar-refractivity contribution is -0.138. The van der Waals surface area contributed by atoms with Crippen molar-refractivity contribution in [2.24, 2.45) is 0 Å². The van der Waals surface area contributed by atoms with E-state index in [0.29, 0.717) is 22.0 Å². The summed E-state index contributed by atoms with van der Waals surface area (Å²) in [5.74, 6) is 1.19. The van der Waals surface area contributed by atoms with Crippen molar-refractivity contribution < 1.29 is 18.7 Å². The predicted molar refractivity (Wildman–Crippen MR) is 80.1 cm³/mol. The number of anilines is 1. The Morgan fingerprint density at radius 1 is 1.52 bits per heavy atom. The molecule has 2 rings (SSSR count). The maximum absolute atomic E-state index is 13.6. The van der Waals surface area contributed by atoms with Crippen molar-refractivity contribution in [3.8, 4) is 0 Å². The highest BCUT2D eigenvalue weighted by atomic mass is 32.2. The molecule has 6 heteroatoms. The van der Waals surface area contributed by atoms with Gasteiger partial charge in [0.25, 0.3) is 0 Å². The number of esters is 1. The van der Waals surface area contributed by atoms with E-state index in [2.05, 4.69) is 5.32 Å². The Bertz CT molecular complexity index is 663. The molecule has 0 saturated heterocycles. The Morgan fingerprint density at radius 3 is 2.90 bits per heavy atom. The molecular formula is C15H14FNO3S. The summed E-state index contributed by atoms with van der Waals surface area (Å²) < 4.78 is 18.5. The molecule has 1 aliphatic heterocycles. The zero-order chi connectivity index (χ0) is 15.4. The monoisotopic (exact) mass is 307 g/mol. The van der Waals surface area contributed by atoms with Crippen molar-refractivity contribution in [3.63, 3.8) is 0 Å². The van der Waals surface area contributed by atoms with Gasteiger partial charge in [-0.15, -0.1) is 11.8 Å². The van der Waals surface area contributed by atoms with E-state index in [1.165, 1.54) is 17.8 Å². The first kappa shape index (κ1) is 15.4. The molecule has 1 N–H and O–H groups in total. The van der Waals surface area contributed by atoms with E-state index >= 15 is 0 Å². The quantitative estimate of drug-likeness (QED) is 0.685. The standard InChI is InChI=1S/C15H14FNO3S/c1-3-20-15(19)13-10(7-18)8-21-14(13)17-11-5-4-9(2)12(16)6-11/h4-6,17H,3,8H2,1-2H3. The van der Waals surface area contributed by atoms with E-state index in [4.69, 9.17) is 4.74 Å². The van der Waals surface area contributed by atoms with Crippen LogP contribution in [0.2, 0.25) is 0 Å². The van der Waals surface area contributed by atoms with Crippen LogP contribution in [-0.4, -0.2) is 24.3 Å². The zero-order valence-corrected chi connectivity index (χ0v) is 12.5. The molecule has 0 saturated carbocycles. The third kappa shape index (κ3) is 3.35. The third-order valence-electron chi connectivity index (χ3n) is 2.92. The Kier molecular flexibility index (Phi) is 4.83. The zero-order valence-electron chi connectivity index (χ0n) is 11.7. The average Bonchev–Trinajstić information content (AvgIpc) is 2.86. The summed E-state index contributed by atoms with van der Waals surface area (Å²) in [7, 11) is 0. The fraction of sp³-hybridized carbons (Fsp3) is 0.267. The topological polar surface area (TPSA) is 55.4 Å². The van der Waals surface area contributed by atoms with Crippen LogP contribution >= 0.6 is 11.8 Å². The normalized spacial score (nSPS) is 14.1. The molecule has 1 aromatic carbocycles. The van der Waals surface area contributed by atoms with Gasteiger partial charge in [-0.05, 0) is 31.5 Å². The van der Waals surface area contributed by atoms with Crippen LogP contribution in [0.1, 0.15) is 12.5 Å². The second-order valence-corrected chi connectivity index (χ2v) is 5.37. The average molecular weight is 307 g/mol. The summed E-state index contributed by atoms with van der Waals surface area (Å²) in [6.45, 7) is 3.57. The number of benzene rings is 1. The van der Waals surface area contributed by atoms with Gasteiger partial charge in [0, 0.05) is 11.4 Å². The molecule has 1 heterocycles. The molecule has 110 valence electrons. The number of carbonyl (C=O) groups is 1. The van der Waals surface area contributed by atoms with Crippen LogP contribution in [0.15, 0.2) is 34.4 Å². The van der Waals surface area contributed by atoms with Crippen molar-refractivity contribution in [1.82, 2.24) is 0 Å². The van der Waals surface area contributed by atoms with Crippen LogP contribution in [-0.2, 0) is 14.3 Å². The van der Waals surface area contributed by atoms with Crippen molar-refractivity contribution in [2.75, 3.05) is 17.7 Å². The lowest BCUT2D eigenvalue weighted by Crippen LogP contribution is -2.12. The third-order valence-corrected chi connectivity index (χ3v) is 3.95. The number of hydrogen-bond acceptors (Lipinski definition) is 5. The largest absolute Gasteiger partial charge is 0.462 e. The first-order chi connectivity index (χ1) is 10.1. The number of carbonyl (C=O) groups excluding carboxylic acids is 2. The molecule has 0 atom stereocenters. The van der Waals surface area contributed by atoms with Crippen molar-refractivity contribution in [2.45, 2.75) is 13.8 Å². The number of aryl methyl sites for hydroxylation is 1. The number of halogens is 1. The van der Waals surface area contributed by atoms with E-state index < -0.39 is 5.97 Å². The summed E-state index contributed by atoms with van der Waals surface area (Å²) in [6, 6.07) is 4.68. The molecular weight excluding hydrogens is 293 g/mol. The lowest BCUT2D eigenvalue weighted by atomic mass is 10.1. The van der Waals surface area contributed by atoms with Gasteiger partial charge in [0.05, 0.1) is 17.2 Å². The van der Waals surface area contributed by atoms with Gasteiger partial charge in [-0.2, -0.15) is 0 Å². The van der Waals surface area contributed by atoms with Crippen molar-refractivity contribution in [3.05, 3.63) is 45.8 Å². The highest BCUT2D eigenvalue weighted by Crippen LogP contribution is 2.35. The Labute approximate surface area is 126 Å². The molecule has 1 aromatic rings. The summed E-state index contributed by atoms with van der Waals surface area (Å²) >= 11 is 1.29. The predicted octanol–water partition coefficient (Wildman–Crippen LogP) is 2.83. The van der Waals surface area contributed by atoms with Gasteiger partial charge in [0.1, 0.15) is 17.3 Å². The van der Waals surface area contributed by atoms with Crippen LogP contribution in [0.5, 0.6) is 0 Å². The first-order valence-corrected chi connectivity index (χ1v) is 7.37. The minimum atomic E-state index is -0.573. The Hall–Kier alpha value is -2.04. The molecule has 0 bridgehead atoms. The molecule has 21 heavy (non-hydrogen) atoms. The lowest BCUT2D eigenvalue weighted by Gasteiger charge is -2.10. The molecule has 1 aliphatic rings. The van der Waals surface area contributed by atoms with Crippen LogP contribution in [0.4, 0.5) is 10.1 Å². The van der Waals surface area contributed by atoms with Crippen molar-refractivity contribution in [1.29, 1.82) is 0 Å². The molecule has 0 aromatic heterocycles. The highest BCUT2D eigenvalue weighted by molar-refractivity contribution is 8.03. The van der Waals surface area contributed by atoms with Crippen LogP contribution in [0, 0.1) is 12.7 Å². The maximum atomic E-state index is 13.6. The molecule has 0 aliphatic carbocycles. The summed E-state index contributed by atoms with van der Waals surface area (Å²) in [4.78, 5) is 22.8. The minimum absolute atomic E-state index is 0.179. The number of hydrogen-bond donors (Lipinski definition) is 1. The molecule has 4 nitrogen and oxygen atoms in total. The van der Waals surface area contributed by atoms with Gasteiger partial charge in [0.15, 0.2) is 0 Å².